The summed E-state index contributed by atoms with van der Waals surface area (Å²) in [7, 11) is 1.07. The number of cyclic esters (lactones) is 1. The van der Waals surface area contributed by atoms with Gasteiger partial charge in [-0.25, -0.2) is 4.79 Å². The Hall–Kier alpha value is -0.870. The molecule has 4 atom stereocenters. The molecule has 0 unspecified atom stereocenters. The van der Waals surface area contributed by atoms with Crippen molar-refractivity contribution in [3.05, 3.63) is 35.9 Å². The fraction of sp³-hybridized carbons (Fsp3) is 0.533. The summed E-state index contributed by atoms with van der Waals surface area (Å²) < 4.78 is 54.0. The van der Waals surface area contributed by atoms with Crippen LogP contribution in [0.3, 0.4) is 0 Å². The number of ether oxygens (including phenoxy) is 3. The van der Waals surface area contributed by atoms with Gasteiger partial charge in [-0.05, 0) is 5.56 Å². The molecule has 1 fully saturated rings. The number of hydrogen-bond acceptors (Lipinski definition) is 4. The van der Waals surface area contributed by atoms with Gasteiger partial charge in [-0.1, -0.05) is 52.9 Å². The van der Waals surface area contributed by atoms with E-state index in [0.717, 1.165) is 12.7 Å². The predicted octanol–water partition coefficient (Wildman–Crippen LogP) is 3.13. The average Bonchev–Trinajstić information content (AvgIpc) is 2.85. The van der Waals surface area contributed by atoms with Gasteiger partial charge in [0.05, 0.1) is 17.1 Å². The van der Waals surface area contributed by atoms with Crippen LogP contribution in [0.2, 0.25) is 0 Å². The molecule has 0 radical (unpaired) electrons. The second kappa shape index (κ2) is 7.80. The zero-order valence-electron chi connectivity index (χ0n) is 12.3. The summed E-state index contributed by atoms with van der Waals surface area (Å²) >= 11 is 1.82. The van der Waals surface area contributed by atoms with Crippen LogP contribution in [-0.4, -0.2) is 42.0 Å². The summed E-state index contributed by atoms with van der Waals surface area (Å²) in [4.78, 5) is 11.6. The Balaban J connectivity index is 1.97. The Morgan fingerprint density at radius 3 is 2.52 bits per heavy atom. The van der Waals surface area contributed by atoms with Crippen LogP contribution < -0.4 is 0 Å². The van der Waals surface area contributed by atoms with Crippen LogP contribution in [0.5, 0.6) is 0 Å². The molecule has 0 amide bonds. The van der Waals surface area contributed by atoms with Crippen molar-refractivity contribution in [2.24, 2.45) is 5.92 Å². The van der Waals surface area contributed by atoms with Crippen molar-refractivity contribution in [2.45, 2.75) is 28.9 Å². The van der Waals surface area contributed by atoms with Crippen LogP contribution in [0, 0.1) is 5.92 Å². The minimum atomic E-state index is -4.58. The minimum absolute atomic E-state index is 0.0381. The summed E-state index contributed by atoms with van der Waals surface area (Å²) in [5.41, 5.74) is 0.918. The van der Waals surface area contributed by atoms with Crippen molar-refractivity contribution in [1.82, 2.24) is 0 Å². The SMILES string of the molecule is CO[C@@H]1C(=O)O[C@@H]([C@@H](I)COCc2ccccc2)[C@@H]1C(F)(F)F. The molecule has 2 rings (SSSR count). The third-order valence-corrected chi connectivity index (χ3v) is 4.61. The summed E-state index contributed by atoms with van der Waals surface area (Å²) in [6.07, 6.45) is -7.52. The van der Waals surface area contributed by atoms with E-state index < -0.39 is 34.2 Å². The second-order valence-corrected chi connectivity index (χ2v) is 6.74. The highest BCUT2D eigenvalue weighted by molar-refractivity contribution is 14.1. The van der Waals surface area contributed by atoms with Gasteiger partial charge in [-0.2, -0.15) is 13.2 Å². The van der Waals surface area contributed by atoms with Crippen LogP contribution in [0.15, 0.2) is 30.3 Å². The van der Waals surface area contributed by atoms with Crippen LogP contribution in [0.4, 0.5) is 13.2 Å². The molecule has 4 nitrogen and oxygen atoms in total. The molecule has 1 aliphatic rings. The number of esters is 1. The first kappa shape index (κ1) is 18.5. The summed E-state index contributed by atoms with van der Waals surface area (Å²) in [6, 6.07) is 9.28. The molecular weight excluding hydrogens is 428 g/mol. The quantitative estimate of drug-likeness (QED) is 0.385. The van der Waals surface area contributed by atoms with E-state index in [1.165, 1.54) is 0 Å². The highest BCUT2D eigenvalue weighted by Gasteiger charge is 2.60. The first-order valence-corrected chi connectivity index (χ1v) is 8.15. The molecule has 1 aliphatic heterocycles. The van der Waals surface area contributed by atoms with Crippen molar-refractivity contribution in [2.75, 3.05) is 13.7 Å². The monoisotopic (exact) mass is 444 g/mol. The van der Waals surface area contributed by atoms with Crippen LogP contribution in [0.25, 0.3) is 0 Å². The van der Waals surface area contributed by atoms with Gasteiger partial charge in [0, 0.05) is 7.11 Å². The maximum absolute atomic E-state index is 13.2. The summed E-state index contributed by atoms with van der Waals surface area (Å²) in [5, 5.41) is 0. The van der Waals surface area contributed by atoms with Crippen molar-refractivity contribution >= 4 is 28.6 Å². The van der Waals surface area contributed by atoms with Gasteiger partial charge in [-0.3, -0.25) is 0 Å². The lowest BCUT2D eigenvalue weighted by Crippen LogP contribution is -2.43. The molecule has 23 heavy (non-hydrogen) atoms. The third kappa shape index (κ3) is 4.57. The maximum atomic E-state index is 13.2. The smallest absolute Gasteiger partial charge is 0.398 e. The van der Waals surface area contributed by atoms with Gasteiger partial charge in [0.25, 0.3) is 0 Å². The largest absolute Gasteiger partial charge is 0.458 e. The second-order valence-electron chi connectivity index (χ2n) is 5.14. The maximum Gasteiger partial charge on any atom is 0.398 e. The number of hydrogen-bond donors (Lipinski definition) is 0. The minimum Gasteiger partial charge on any atom is -0.458 e. The lowest BCUT2D eigenvalue weighted by Gasteiger charge is -2.26. The van der Waals surface area contributed by atoms with E-state index in [1.54, 1.807) is 0 Å². The molecule has 1 aromatic carbocycles. The highest BCUT2D eigenvalue weighted by atomic mass is 127. The van der Waals surface area contributed by atoms with Crippen LogP contribution >= 0.6 is 22.6 Å². The molecule has 128 valence electrons. The number of benzene rings is 1. The number of carbonyl (C=O) groups is 1. The number of alkyl halides is 4. The molecule has 0 aliphatic carbocycles. The Labute approximate surface area is 145 Å². The van der Waals surface area contributed by atoms with Crippen LogP contribution in [0.1, 0.15) is 5.56 Å². The van der Waals surface area contributed by atoms with E-state index in [0.29, 0.717) is 0 Å². The predicted molar refractivity (Wildman–Crippen MR) is 84.1 cm³/mol. The van der Waals surface area contributed by atoms with Gasteiger partial charge in [0.15, 0.2) is 6.10 Å². The van der Waals surface area contributed by atoms with Gasteiger partial charge >= 0.3 is 12.1 Å². The fourth-order valence-electron chi connectivity index (χ4n) is 2.45. The van der Waals surface area contributed by atoms with E-state index >= 15 is 0 Å². The molecule has 1 heterocycles. The van der Waals surface area contributed by atoms with Crippen molar-refractivity contribution in [1.29, 1.82) is 0 Å². The van der Waals surface area contributed by atoms with E-state index in [4.69, 9.17) is 9.47 Å². The molecule has 0 spiro atoms. The number of carbonyl (C=O) groups excluding carboxylic acids is 1. The summed E-state index contributed by atoms with van der Waals surface area (Å²) in [6.45, 7) is 0.321. The Bertz CT molecular complexity index is 523. The molecular formula is C15H16F3IO4. The third-order valence-electron chi connectivity index (χ3n) is 3.54. The van der Waals surface area contributed by atoms with E-state index in [-0.39, 0.29) is 13.2 Å². The highest BCUT2D eigenvalue weighted by Crippen LogP contribution is 2.41. The zero-order valence-corrected chi connectivity index (χ0v) is 14.4. The molecule has 0 saturated carbocycles. The lowest BCUT2D eigenvalue weighted by molar-refractivity contribution is -0.205. The van der Waals surface area contributed by atoms with E-state index in [9.17, 15) is 18.0 Å². The van der Waals surface area contributed by atoms with Crippen molar-refractivity contribution < 1.29 is 32.2 Å². The first-order chi connectivity index (χ1) is 10.8. The number of halogens is 4. The Kier molecular flexibility index (Phi) is 6.26. The zero-order chi connectivity index (χ0) is 17.0. The number of methoxy groups -OCH3 is 1. The van der Waals surface area contributed by atoms with Crippen molar-refractivity contribution in [3.8, 4) is 0 Å². The van der Waals surface area contributed by atoms with Gasteiger partial charge < -0.3 is 14.2 Å². The van der Waals surface area contributed by atoms with Gasteiger partial charge in [-0.15, -0.1) is 0 Å². The first-order valence-electron chi connectivity index (χ1n) is 6.90. The van der Waals surface area contributed by atoms with Crippen LogP contribution in [-0.2, 0) is 25.6 Å². The molecule has 1 saturated heterocycles. The molecule has 0 aromatic heterocycles. The van der Waals surface area contributed by atoms with E-state index in [1.807, 2.05) is 52.9 Å². The fourth-order valence-corrected chi connectivity index (χ4v) is 3.30. The Morgan fingerprint density at radius 1 is 1.30 bits per heavy atom. The molecule has 8 heteroatoms. The summed E-state index contributed by atoms with van der Waals surface area (Å²) in [5.74, 6) is -2.97. The normalized spacial score (nSPS) is 26.1. The van der Waals surface area contributed by atoms with E-state index in [2.05, 4.69) is 4.74 Å². The molecule has 1 aromatic rings. The topological polar surface area (TPSA) is 44.8 Å². The number of rotatable bonds is 6. The Morgan fingerprint density at radius 2 is 1.96 bits per heavy atom. The van der Waals surface area contributed by atoms with Gasteiger partial charge in [0.2, 0.25) is 0 Å². The lowest BCUT2D eigenvalue weighted by atomic mass is 9.96. The standard InChI is InChI=1S/C15H16F3IO4/c1-21-13-11(15(16,17)18)12(23-14(13)20)10(19)8-22-7-9-5-3-2-4-6-9/h2-6,10-13H,7-8H2,1H3/t10-,11-,12-,13-/m0/s1. The molecule has 0 N–H and O–H groups in total. The average molecular weight is 444 g/mol. The van der Waals surface area contributed by atoms with Gasteiger partial charge in [0.1, 0.15) is 12.0 Å². The van der Waals surface area contributed by atoms with Crippen molar-refractivity contribution in [3.63, 3.8) is 0 Å². The molecule has 0 bridgehead atoms.